The van der Waals surface area contributed by atoms with Crippen LogP contribution in [0.3, 0.4) is 0 Å². The van der Waals surface area contributed by atoms with E-state index in [1.807, 2.05) is 13.8 Å². The molecule has 0 aliphatic carbocycles. The largest absolute Gasteiger partial charge is 0.127 e. The molecule has 9 heavy (non-hydrogen) atoms. The van der Waals surface area contributed by atoms with Crippen LogP contribution in [0.2, 0.25) is 0 Å². The summed E-state index contributed by atoms with van der Waals surface area (Å²) in [5.41, 5.74) is 0. The molecule has 0 radical (unpaired) electrons. The molecule has 0 aliphatic rings. The Bertz CT molecular complexity index is 23.7. The van der Waals surface area contributed by atoms with E-state index < -0.39 is 0 Å². The Kier molecular flexibility index (Phi) is 21.0. The maximum Gasteiger partial charge on any atom is 0.0223 e. The number of unbranched alkanes of at least 4 members (excludes halogenated alkanes) is 3. The van der Waals surface area contributed by atoms with Crippen LogP contribution >= 0.6 is 11.6 Å². The number of alkyl halides is 1. The van der Waals surface area contributed by atoms with E-state index in [0.717, 1.165) is 5.88 Å². The van der Waals surface area contributed by atoms with E-state index >= 15 is 0 Å². The van der Waals surface area contributed by atoms with Crippen molar-refractivity contribution in [3.63, 3.8) is 0 Å². The molecular formula is C8H19Cl. The summed E-state index contributed by atoms with van der Waals surface area (Å²) in [5.74, 6) is 0.833. The maximum absolute atomic E-state index is 5.44. The Labute approximate surface area is 64.6 Å². The molecule has 0 aromatic heterocycles. The lowest BCUT2D eigenvalue weighted by Crippen LogP contribution is -1.74. The molecule has 1 heteroatoms. The first-order valence-electron chi connectivity index (χ1n) is 3.97. The summed E-state index contributed by atoms with van der Waals surface area (Å²) in [6, 6.07) is 0. The second kappa shape index (κ2) is 15.7. The molecular weight excluding hydrogens is 132 g/mol. The topological polar surface area (TPSA) is 0 Å². The molecule has 0 heterocycles. The highest BCUT2D eigenvalue weighted by molar-refractivity contribution is 6.17. The first-order chi connectivity index (χ1) is 4.41. The number of hydrogen-bond donors (Lipinski definition) is 0. The molecule has 0 amide bonds. The van der Waals surface area contributed by atoms with Crippen molar-refractivity contribution in [2.45, 2.75) is 46.5 Å². The molecule has 0 bridgehead atoms. The summed E-state index contributed by atoms with van der Waals surface area (Å²) in [7, 11) is 0. The number of hydrogen-bond acceptors (Lipinski definition) is 0. The fraction of sp³-hybridized carbons (Fsp3) is 1.00. The van der Waals surface area contributed by atoms with Gasteiger partial charge in [0.1, 0.15) is 0 Å². The van der Waals surface area contributed by atoms with Crippen LogP contribution in [-0.2, 0) is 0 Å². The number of halogens is 1. The third kappa shape index (κ3) is 17.8. The fourth-order valence-corrected chi connectivity index (χ4v) is 0.710. The quantitative estimate of drug-likeness (QED) is 0.422. The van der Waals surface area contributed by atoms with Crippen LogP contribution in [0, 0.1) is 0 Å². The van der Waals surface area contributed by atoms with E-state index in [-0.39, 0.29) is 0 Å². The minimum absolute atomic E-state index is 0.833. The average Bonchev–Trinajstić information content (AvgIpc) is 1.94. The predicted molar refractivity (Wildman–Crippen MR) is 46.2 cm³/mol. The van der Waals surface area contributed by atoms with Gasteiger partial charge in [0.15, 0.2) is 0 Å². The van der Waals surface area contributed by atoms with Gasteiger partial charge in [-0.3, -0.25) is 0 Å². The zero-order valence-electron chi connectivity index (χ0n) is 6.91. The lowest BCUT2D eigenvalue weighted by molar-refractivity contribution is 0.705. The molecule has 0 saturated carbocycles. The maximum atomic E-state index is 5.44. The Hall–Kier alpha value is 0.290. The van der Waals surface area contributed by atoms with Crippen LogP contribution in [0.5, 0.6) is 0 Å². The van der Waals surface area contributed by atoms with Gasteiger partial charge in [-0.05, 0) is 6.42 Å². The Balaban J connectivity index is 0. The van der Waals surface area contributed by atoms with Crippen molar-refractivity contribution in [1.82, 2.24) is 0 Å². The van der Waals surface area contributed by atoms with Gasteiger partial charge in [-0.25, -0.2) is 0 Å². The highest BCUT2D eigenvalue weighted by Gasteiger charge is 1.81. The van der Waals surface area contributed by atoms with E-state index in [0.29, 0.717) is 0 Å². The van der Waals surface area contributed by atoms with Gasteiger partial charge in [-0.2, -0.15) is 0 Å². The van der Waals surface area contributed by atoms with Gasteiger partial charge in [0.2, 0.25) is 0 Å². The van der Waals surface area contributed by atoms with Crippen LogP contribution in [-0.4, -0.2) is 5.88 Å². The summed E-state index contributed by atoms with van der Waals surface area (Å²) in [5, 5.41) is 0. The van der Waals surface area contributed by atoms with Gasteiger partial charge in [-0.15, -0.1) is 11.6 Å². The first kappa shape index (κ1) is 12.0. The normalized spacial score (nSPS) is 8.00. The molecule has 0 rings (SSSR count). The molecule has 0 atom stereocenters. The highest BCUT2D eigenvalue weighted by Crippen LogP contribution is 1.98. The van der Waals surface area contributed by atoms with Crippen molar-refractivity contribution >= 4 is 11.6 Å². The minimum Gasteiger partial charge on any atom is -0.127 e. The molecule has 0 aliphatic heterocycles. The van der Waals surface area contributed by atoms with Crippen LogP contribution in [0.15, 0.2) is 0 Å². The van der Waals surface area contributed by atoms with Gasteiger partial charge in [0.05, 0.1) is 0 Å². The van der Waals surface area contributed by atoms with Crippen molar-refractivity contribution in [2.24, 2.45) is 0 Å². The van der Waals surface area contributed by atoms with Crippen LogP contribution in [0.4, 0.5) is 0 Å². The van der Waals surface area contributed by atoms with Gasteiger partial charge < -0.3 is 0 Å². The summed E-state index contributed by atoms with van der Waals surface area (Å²) in [4.78, 5) is 0. The molecule has 0 aromatic rings. The first-order valence-corrected chi connectivity index (χ1v) is 4.51. The fourth-order valence-electron chi connectivity index (χ4n) is 0.521. The van der Waals surface area contributed by atoms with Crippen molar-refractivity contribution in [2.75, 3.05) is 5.88 Å². The zero-order chi connectivity index (χ0) is 7.54. The third-order valence-corrected chi connectivity index (χ3v) is 1.25. The summed E-state index contributed by atoms with van der Waals surface area (Å²) in [6.45, 7) is 6.20. The summed E-state index contributed by atoms with van der Waals surface area (Å²) in [6.07, 6.45) is 5.14. The molecule has 58 valence electrons. The van der Waals surface area contributed by atoms with Gasteiger partial charge in [0.25, 0.3) is 0 Å². The zero-order valence-corrected chi connectivity index (χ0v) is 7.67. The van der Waals surface area contributed by atoms with E-state index in [1.54, 1.807) is 0 Å². The molecule has 0 fully saturated rings. The van der Waals surface area contributed by atoms with E-state index in [1.165, 1.54) is 25.7 Å². The van der Waals surface area contributed by atoms with Gasteiger partial charge in [0, 0.05) is 5.88 Å². The molecule has 0 unspecified atom stereocenters. The third-order valence-electron chi connectivity index (χ3n) is 0.987. The molecule has 0 spiro atoms. The Morgan fingerprint density at radius 3 is 1.89 bits per heavy atom. The van der Waals surface area contributed by atoms with Crippen molar-refractivity contribution < 1.29 is 0 Å². The Morgan fingerprint density at radius 2 is 1.56 bits per heavy atom. The lowest BCUT2D eigenvalue weighted by Gasteiger charge is -1.89. The summed E-state index contributed by atoms with van der Waals surface area (Å²) < 4.78 is 0. The van der Waals surface area contributed by atoms with Crippen LogP contribution in [0.25, 0.3) is 0 Å². The van der Waals surface area contributed by atoms with Gasteiger partial charge in [-0.1, -0.05) is 40.0 Å². The van der Waals surface area contributed by atoms with Crippen molar-refractivity contribution in [3.05, 3.63) is 0 Å². The predicted octanol–water partition coefficient (Wildman–Crippen LogP) is 3.83. The number of rotatable bonds is 4. The smallest absolute Gasteiger partial charge is 0.0223 e. The minimum atomic E-state index is 0.833. The molecule has 0 nitrogen and oxygen atoms in total. The average molecular weight is 151 g/mol. The SMILES string of the molecule is CC.CCCCCCCl. The van der Waals surface area contributed by atoms with Crippen LogP contribution < -0.4 is 0 Å². The van der Waals surface area contributed by atoms with Gasteiger partial charge >= 0.3 is 0 Å². The van der Waals surface area contributed by atoms with Crippen molar-refractivity contribution in [3.8, 4) is 0 Å². The second-order valence-electron chi connectivity index (χ2n) is 1.75. The monoisotopic (exact) mass is 150 g/mol. The molecule has 0 saturated heterocycles. The summed E-state index contributed by atoms with van der Waals surface area (Å²) >= 11 is 5.44. The second-order valence-corrected chi connectivity index (χ2v) is 2.13. The highest BCUT2D eigenvalue weighted by atomic mass is 35.5. The van der Waals surface area contributed by atoms with E-state index in [4.69, 9.17) is 11.6 Å². The lowest BCUT2D eigenvalue weighted by atomic mass is 10.2. The van der Waals surface area contributed by atoms with Crippen molar-refractivity contribution in [1.29, 1.82) is 0 Å². The van der Waals surface area contributed by atoms with E-state index in [2.05, 4.69) is 6.92 Å². The Morgan fingerprint density at radius 1 is 1.00 bits per heavy atom. The van der Waals surface area contributed by atoms with Crippen LogP contribution in [0.1, 0.15) is 46.5 Å². The molecule has 0 aromatic carbocycles. The molecule has 0 N–H and O–H groups in total. The standard InChI is InChI=1S/C6H13Cl.C2H6/c1-2-3-4-5-6-7;1-2/h2-6H2,1H3;1-2H3. The van der Waals surface area contributed by atoms with E-state index in [9.17, 15) is 0 Å².